The smallest absolute Gasteiger partial charge is 0.347 e. The van der Waals surface area contributed by atoms with E-state index in [0.29, 0.717) is 5.69 Å². The molecule has 141 valence electrons. The van der Waals surface area contributed by atoms with Crippen molar-refractivity contribution in [2.24, 2.45) is 0 Å². The third-order valence-corrected chi connectivity index (χ3v) is 2.29. The second kappa shape index (κ2) is 12.9. The summed E-state index contributed by atoms with van der Waals surface area (Å²) < 4.78 is 8.51. The van der Waals surface area contributed by atoms with E-state index in [4.69, 9.17) is 11.5 Å². The Kier molecular flexibility index (Phi) is 12.9. The molecule has 0 bridgehead atoms. The predicted octanol–water partition coefficient (Wildman–Crippen LogP) is 1.36. The van der Waals surface area contributed by atoms with Crippen molar-refractivity contribution in [2.75, 3.05) is 12.4 Å². The molecule has 0 saturated carbocycles. The zero-order valence-corrected chi connectivity index (χ0v) is 17.1. The van der Waals surface area contributed by atoms with Crippen LogP contribution in [0.2, 0.25) is 0 Å². The fourth-order valence-electron chi connectivity index (χ4n) is 1.44. The zero-order chi connectivity index (χ0) is 19.6. The normalized spacial score (nSPS) is 10.1. The van der Waals surface area contributed by atoms with Crippen molar-refractivity contribution in [1.29, 1.82) is 0 Å². The van der Waals surface area contributed by atoms with Gasteiger partial charge >= 0.3 is 5.97 Å². The van der Waals surface area contributed by atoms with Crippen molar-refractivity contribution in [2.45, 2.75) is 26.4 Å². The third kappa shape index (κ3) is 12.1. The Balaban J connectivity index is 0. The van der Waals surface area contributed by atoms with Gasteiger partial charge in [0.25, 0.3) is 5.56 Å². The number of aromatic nitrogens is 2. The number of ketones is 1. The topological polar surface area (TPSA) is 192 Å². The summed E-state index contributed by atoms with van der Waals surface area (Å²) in [6, 6.07) is 0.281. The number of methoxy groups -OCH3 is 1. The number of ether oxygens (including phenoxy) is 2. The summed E-state index contributed by atoms with van der Waals surface area (Å²) in [5.74, 6) is -1.16. The summed E-state index contributed by atoms with van der Waals surface area (Å²) in [7, 11) is 1.10. The molecule has 13 heteroatoms. The molecule has 26 heavy (non-hydrogen) atoms. The van der Waals surface area contributed by atoms with E-state index in [2.05, 4.69) is 19.4 Å². The van der Waals surface area contributed by atoms with Gasteiger partial charge < -0.3 is 31.2 Å². The van der Waals surface area contributed by atoms with Crippen LogP contribution in [0.25, 0.3) is 11.5 Å². The second-order valence-corrected chi connectivity index (χ2v) is 4.51. The van der Waals surface area contributed by atoms with E-state index >= 15 is 0 Å². The number of nitrogens with zero attached hydrogens (tertiary/aromatic N) is 1. The molecule has 1 radical (unpaired) electrons. The number of esters is 1. The number of anilines is 1. The number of nitrogens with one attached hydrogen (secondary N) is 4. The van der Waals surface area contributed by atoms with Gasteiger partial charge in [-0.2, -0.15) is 0 Å². The molecule has 1 rings (SSSR count). The minimum atomic E-state index is -1.36. The van der Waals surface area contributed by atoms with Gasteiger partial charge in [0.2, 0.25) is 12.2 Å². The number of hydrogen-bond acceptors (Lipinski definition) is 8. The van der Waals surface area contributed by atoms with Crippen LogP contribution in [-0.2, 0) is 51.8 Å². The van der Waals surface area contributed by atoms with Gasteiger partial charge in [-0.3, -0.25) is 19.2 Å². The average Bonchev–Trinajstić information content (AvgIpc) is 2.43. The number of amides is 3. The fraction of sp³-hybridized carbons (Fsp3) is 0.385. The Morgan fingerprint density at radius 2 is 1.88 bits per heavy atom. The van der Waals surface area contributed by atoms with E-state index in [1.807, 2.05) is 5.32 Å². The molecule has 1 aromatic rings. The first-order chi connectivity index (χ1) is 11.5. The van der Waals surface area contributed by atoms with Gasteiger partial charge in [-0.15, -0.1) is 0 Å². The molecule has 0 spiro atoms. The number of Topliss-reactive ketones (excluding diaryl/α,β-unsaturated/α-hetero) is 1. The van der Waals surface area contributed by atoms with E-state index in [9.17, 15) is 24.0 Å². The van der Waals surface area contributed by atoms with Crippen molar-refractivity contribution in [1.82, 2.24) is 9.97 Å². The second-order valence-electron chi connectivity index (χ2n) is 4.51. The molecule has 3 amide bonds. The van der Waals surface area contributed by atoms with Crippen molar-refractivity contribution in [3.05, 3.63) is 33.6 Å². The quantitative estimate of drug-likeness (QED) is 0.636. The van der Waals surface area contributed by atoms with Crippen LogP contribution in [0.15, 0.2) is 10.9 Å². The summed E-state index contributed by atoms with van der Waals surface area (Å²) in [6.45, 7) is 2.86. The minimum Gasteiger partial charge on any atom is -0.632 e. The van der Waals surface area contributed by atoms with Gasteiger partial charge in [-0.25, -0.2) is 9.78 Å². The summed E-state index contributed by atoms with van der Waals surface area (Å²) in [4.78, 5) is 58.7. The number of H-pyrrole nitrogens is 1. The maximum atomic E-state index is 10.8. The van der Waals surface area contributed by atoms with Gasteiger partial charge in [0, 0.05) is 44.5 Å². The molecule has 0 aliphatic heterocycles. The van der Waals surface area contributed by atoms with Crippen LogP contribution in [0, 0.1) is 6.92 Å². The number of urea groups is 1. The molecule has 0 fully saturated rings. The molecule has 1 aromatic heterocycles. The molecule has 1 unspecified atom stereocenters. The molecule has 1 heterocycles. The molecular formula is C13H17N5O7Y-2. The molecule has 0 aliphatic carbocycles. The Morgan fingerprint density at radius 1 is 1.31 bits per heavy atom. The summed E-state index contributed by atoms with van der Waals surface area (Å²) in [5, 5.41) is 2.05. The Hall–Kier alpha value is -2.34. The number of aryl methyl sites for hydroxylation is 1. The maximum absolute atomic E-state index is 10.8. The maximum Gasteiger partial charge on any atom is 0.347 e. The summed E-state index contributed by atoms with van der Waals surface area (Å²) in [5.41, 5.74) is 13.1. The van der Waals surface area contributed by atoms with E-state index in [-0.39, 0.29) is 56.4 Å². The largest absolute Gasteiger partial charge is 0.632 e. The first-order valence-electron chi connectivity index (χ1n) is 6.65. The number of rotatable bonds is 5. The van der Waals surface area contributed by atoms with Crippen LogP contribution < -0.4 is 10.9 Å². The molecule has 0 aromatic carbocycles. The third-order valence-electron chi connectivity index (χ3n) is 2.29. The molecule has 0 saturated heterocycles. The van der Waals surface area contributed by atoms with Crippen molar-refractivity contribution in [3.8, 4) is 0 Å². The molecular weight excluding hydrogens is 427 g/mol. The van der Waals surface area contributed by atoms with Crippen molar-refractivity contribution < 1.29 is 61.4 Å². The SMILES string of the molecule is COC(=O)C(CC(C)=O)OC([NH-])=O.Cc1cc(=O)[nH]c(NC([NH-])=O)n1.[Y]. The van der Waals surface area contributed by atoms with Crippen LogP contribution in [0.4, 0.5) is 15.5 Å². The summed E-state index contributed by atoms with van der Waals surface area (Å²) >= 11 is 0. The number of carbonyl (C=O) groups is 4. The van der Waals surface area contributed by atoms with Crippen LogP contribution in [0.3, 0.4) is 0 Å². The van der Waals surface area contributed by atoms with E-state index in [1.54, 1.807) is 6.92 Å². The van der Waals surface area contributed by atoms with E-state index < -0.39 is 24.2 Å². The van der Waals surface area contributed by atoms with E-state index in [1.165, 1.54) is 13.0 Å². The van der Waals surface area contributed by atoms with Crippen LogP contribution in [0.1, 0.15) is 19.0 Å². The zero-order valence-electron chi connectivity index (χ0n) is 14.2. The molecule has 12 nitrogen and oxygen atoms in total. The predicted molar refractivity (Wildman–Crippen MR) is 84.8 cm³/mol. The molecule has 4 N–H and O–H groups in total. The van der Waals surface area contributed by atoms with Gasteiger partial charge in [-0.05, 0) is 13.8 Å². The first-order valence-corrected chi connectivity index (χ1v) is 6.65. The van der Waals surface area contributed by atoms with Crippen molar-refractivity contribution >= 4 is 29.8 Å². The van der Waals surface area contributed by atoms with E-state index in [0.717, 1.165) is 7.11 Å². The Morgan fingerprint density at radius 3 is 2.27 bits per heavy atom. The van der Waals surface area contributed by atoms with Gasteiger partial charge in [0.05, 0.1) is 13.5 Å². The number of aromatic amines is 1. The molecule has 1 atom stereocenters. The first kappa shape index (κ1) is 25.9. The fourth-order valence-corrected chi connectivity index (χ4v) is 1.44. The number of carbonyl (C=O) groups excluding carboxylic acids is 4. The van der Waals surface area contributed by atoms with Gasteiger partial charge in [0.15, 0.2) is 6.03 Å². The van der Waals surface area contributed by atoms with Gasteiger partial charge in [-0.1, -0.05) is 0 Å². The average molecular weight is 444 g/mol. The summed E-state index contributed by atoms with van der Waals surface area (Å²) in [6.07, 6.45) is -2.93. The number of hydrogen-bond donors (Lipinski definition) is 2. The van der Waals surface area contributed by atoms with Crippen LogP contribution in [0.5, 0.6) is 0 Å². The monoisotopic (exact) mass is 444 g/mol. The van der Waals surface area contributed by atoms with Crippen LogP contribution >= 0.6 is 0 Å². The minimum absolute atomic E-state index is 0. The standard InChI is InChI=1S/C7H11NO5.C6H8N4O2.Y/c1-4(9)3-5(6(10)12-2)13-7(8)11;1-3-2-4(11)9-6(8-3)10-5(7)12;/h5H,3H2,1-2H3,(H2,8,11);2H,1H3,(H4,7,8,9,10,11,12);/p-2. The van der Waals surface area contributed by atoms with Crippen LogP contribution in [-0.4, -0.2) is 47.1 Å². The Labute approximate surface area is 173 Å². The molecule has 0 aliphatic rings. The van der Waals surface area contributed by atoms with Gasteiger partial charge in [0.1, 0.15) is 11.7 Å². The Bertz CT molecular complexity index is 690. The van der Waals surface area contributed by atoms with Crippen molar-refractivity contribution in [3.63, 3.8) is 0 Å².